The normalized spacial score (nSPS) is 15.4. The van der Waals surface area contributed by atoms with Crippen molar-refractivity contribution < 1.29 is 19.4 Å². The number of ether oxygens (including phenoxy) is 1. The average molecular weight is 586 g/mol. The molecule has 1 aromatic carbocycles. The van der Waals surface area contributed by atoms with E-state index in [2.05, 4.69) is 20.2 Å². The van der Waals surface area contributed by atoms with Crippen LogP contribution in [0.5, 0.6) is 5.75 Å². The van der Waals surface area contributed by atoms with Crippen molar-refractivity contribution in [3.8, 4) is 16.9 Å². The molecule has 1 aliphatic rings. The van der Waals surface area contributed by atoms with Gasteiger partial charge in [0.2, 0.25) is 5.91 Å². The Morgan fingerprint density at radius 3 is 2.73 bits per heavy atom. The van der Waals surface area contributed by atoms with Crippen LogP contribution in [-0.2, 0) is 23.1 Å². The Morgan fingerprint density at radius 2 is 2.00 bits per heavy atom. The number of aromatic nitrogens is 4. The highest BCUT2D eigenvalue weighted by atomic mass is 35.5. The molecule has 0 bridgehead atoms. The highest BCUT2D eigenvalue weighted by Crippen LogP contribution is 2.36. The van der Waals surface area contributed by atoms with Gasteiger partial charge in [-0.05, 0) is 24.6 Å². The maximum absolute atomic E-state index is 13.2. The van der Waals surface area contributed by atoms with Gasteiger partial charge in [0, 0.05) is 38.0 Å². The van der Waals surface area contributed by atoms with Crippen molar-refractivity contribution in [1.82, 2.24) is 19.1 Å². The minimum Gasteiger partial charge on any atom is -0.506 e. The first-order valence-electron chi connectivity index (χ1n) is 12.2. The van der Waals surface area contributed by atoms with Gasteiger partial charge in [0.25, 0.3) is 11.5 Å². The third-order valence-electron chi connectivity index (χ3n) is 6.57. The van der Waals surface area contributed by atoms with Gasteiger partial charge in [-0.2, -0.15) is 0 Å². The number of carbonyl (C=O) groups excluding carboxylic acids is 2. The highest BCUT2D eigenvalue weighted by molar-refractivity contribution is 6.34. The fourth-order valence-electron chi connectivity index (χ4n) is 4.61. The lowest BCUT2D eigenvalue weighted by molar-refractivity contribution is -0.116. The number of pyridine rings is 1. The molecule has 14 heteroatoms. The number of primary amides is 1. The molecule has 1 saturated heterocycles. The zero-order chi connectivity index (χ0) is 28.7. The van der Waals surface area contributed by atoms with Gasteiger partial charge < -0.3 is 34.9 Å². The van der Waals surface area contributed by atoms with Gasteiger partial charge >= 0.3 is 0 Å². The first kappa shape index (κ1) is 27.4. The average Bonchev–Trinajstić information content (AvgIpc) is 3.27. The quantitative estimate of drug-likeness (QED) is 0.311. The van der Waals surface area contributed by atoms with Gasteiger partial charge in [0.15, 0.2) is 0 Å². The van der Waals surface area contributed by atoms with Crippen LogP contribution in [0.2, 0.25) is 10.0 Å². The maximum atomic E-state index is 13.2. The lowest BCUT2D eigenvalue weighted by Gasteiger charge is -2.32. The van der Waals surface area contributed by atoms with Gasteiger partial charge in [-0.3, -0.25) is 14.4 Å². The minimum absolute atomic E-state index is 0.0446. The van der Waals surface area contributed by atoms with Crippen molar-refractivity contribution in [1.29, 1.82) is 0 Å². The van der Waals surface area contributed by atoms with E-state index in [1.807, 2.05) is 6.92 Å². The molecule has 5 rings (SSSR count). The molecule has 2 amide bonds. The van der Waals surface area contributed by atoms with Crippen LogP contribution in [0.1, 0.15) is 17.3 Å². The fourth-order valence-corrected chi connectivity index (χ4v) is 4.98. The van der Waals surface area contributed by atoms with Crippen molar-refractivity contribution in [2.75, 3.05) is 29.9 Å². The summed E-state index contributed by atoms with van der Waals surface area (Å²) in [6, 6.07) is 4.44. The molecule has 4 heterocycles. The summed E-state index contributed by atoms with van der Waals surface area (Å²) >= 11 is 12.5. The van der Waals surface area contributed by atoms with E-state index < -0.39 is 17.6 Å². The molecule has 1 fully saturated rings. The Labute approximate surface area is 237 Å². The van der Waals surface area contributed by atoms with Crippen molar-refractivity contribution in [2.45, 2.75) is 19.6 Å². The molecule has 12 nitrogen and oxygen atoms in total. The van der Waals surface area contributed by atoms with Crippen molar-refractivity contribution in [2.24, 2.45) is 12.8 Å². The number of nitrogens with two attached hydrogens (primary N) is 1. The number of aromatic hydroxyl groups is 1. The van der Waals surface area contributed by atoms with Gasteiger partial charge in [0.05, 0.1) is 51.9 Å². The minimum atomic E-state index is -0.893. The van der Waals surface area contributed by atoms with Crippen molar-refractivity contribution >= 4 is 57.6 Å². The van der Waals surface area contributed by atoms with Gasteiger partial charge in [-0.25, -0.2) is 9.97 Å². The third kappa shape index (κ3) is 5.20. The van der Waals surface area contributed by atoms with Gasteiger partial charge in [-0.1, -0.05) is 23.2 Å². The van der Waals surface area contributed by atoms with Crippen LogP contribution in [0.4, 0.5) is 11.5 Å². The lowest BCUT2D eigenvalue weighted by atomic mass is 10.0. The predicted molar refractivity (Wildman–Crippen MR) is 151 cm³/mol. The van der Waals surface area contributed by atoms with Crippen LogP contribution in [0.3, 0.4) is 0 Å². The van der Waals surface area contributed by atoms with Crippen molar-refractivity contribution in [3.05, 3.63) is 62.9 Å². The van der Waals surface area contributed by atoms with Crippen molar-refractivity contribution in [3.63, 3.8) is 0 Å². The van der Waals surface area contributed by atoms with Crippen LogP contribution in [0, 0.1) is 0 Å². The standard InChI is InChI=1S/C26H25Cl2N7O5/c1-13-9-34(3-4-40-13)20-7-19(18(28)8-30-20)32-21(36)11-35-10-16(22-25(35)31-12-33(2)26(22)39)14-5-15(24(29)38)23(37)17(27)6-14/h5-8,10,12-13,37H,3-4,9,11H2,1-2H3,(H2,29,38)(H,30,32,36)/t13-/m1/s1. The summed E-state index contributed by atoms with van der Waals surface area (Å²) in [6.45, 7) is 3.63. The van der Waals surface area contributed by atoms with Crippen LogP contribution < -0.4 is 21.5 Å². The van der Waals surface area contributed by atoms with E-state index >= 15 is 0 Å². The Hall–Kier alpha value is -4.13. The first-order chi connectivity index (χ1) is 19.0. The smallest absolute Gasteiger partial charge is 0.263 e. The number of morpholine rings is 1. The molecule has 1 aliphatic heterocycles. The Kier molecular flexibility index (Phi) is 7.41. The molecule has 0 aliphatic carbocycles. The topological polar surface area (TPSA) is 158 Å². The van der Waals surface area contributed by atoms with Crippen LogP contribution >= 0.6 is 23.2 Å². The third-order valence-corrected chi connectivity index (χ3v) is 7.16. The number of halogens is 2. The molecule has 0 spiro atoms. The monoisotopic (exact) mass is 585 g/mol. The molecule has 208 valence electrons. The number of hydrogen-bond donors (Lipinski definition) is 3. The lowest BCUT2D eigenvalue weighted by Crippen LogP contribution is -2.41. The molecular weight excluding hydrogens is 561 g/mol. The molecule has 4 aromatic rings. The zero-order valence-electron chi connectivity index (χ0n) is 21.5. The number of benzene rings is 1. The molecule has 0 unspecified atom stereocenters. The molecule has 40 heavy (non-hydrogen) atoms. The molecule has 3 aromatic heterocycles. The number of amides is 2. The van der Waals surface area contributed by atoms with Crippen LogP contribution in [-0.4, -0.2) is 61.8 Å². The molecule has 1 atom stereocenters. The second-order valence-electron chi connectivity index (χ2n) is 9.45. The Bertz CT molecular complexity index is 1720. The number of nitrogens with zero attached hydrogens (tertiary/aromatic N) is 5. The predicted octanol–water partition coefficient (Wildman–Crippen LogP) is 2.77. The van der Waals surface area contributed by atoms with Gasteiger partial charge in [0.1, 0.15) is 23.8 Å². The second-order valence-corrected chi connectivity index (χ2v) is 10.3. The number of hydrogen-bond acceptors (Lipinski definition) is 8. The molecular formula is C26H25Cl2N7O5. The van der Waals surface area contributed by atoms with E-state index in [-0.39, 0.29) is 44.9 Å². The number of nitrogens with one attached hydrogen (secondary N) is 1. The van der Waals surface area contributed by atoms with E-state index in [1.54, 1.807) is 19.3 Å². The van der Waals surface area contributed by atoms with Crippen LogP contribution in [0.15, 0.2) is 41.7 Å². The number of anilines is 2. The molecule has 0 radical (unpaired) electrons. The summed E-state index contributed by atoms with van der Waals surface area (Å²) in [7, 11) is 1.54. The van der Waals surface area contributed by atoms with E-state index in [9.17, 15) is 19.5 Å². The summed E-state index contributed by atoms with van der Waals surface area (Å²) in [5, 5.41) is 13.3. The largest absolute Gasteiger partial charge is 0.506 e. The SMILES string of the molecule is C[C@@H]1CN(c2cc(NC(=O)Cn3cc(-c4cc(Cl)c(O)c(C(N)=O)c4)c4c(=O)n(C)cnc43)c(Cl)cn2)CCO1. The number of carbonyl (C=O) groups is 2. The van der Waals surface area contributed by atoms with E-state index in [4.69, 9.17) is 33.7 Å². The number of fused-ring (bicyclic) bond motifs is 1. The summed E-state index contributed by atoms with van der Waals surface area (Å²) in [6.07, 6.45) is 4.42. The van der Waals surface area contributed by atoms with E-state index in [1.165, 1.54) is 33.8 Å². The summed E-state index contributed by atoms with van der Waals surface area (Å²) in [4.78, 5) is 49.0. The number of phenols is 1. The van der Waals surface area contributed by atoms with E-state index in [0.717, 1.165) is 0 Å². The number of aryl methyl sites for hydroxylation is 1. The summed E-state index contributed by atoms with van der Waals surface area (Å²) in [5.41, 5.74) is 6.12. The van der Waals surface area contributed by atoms with Gasteiger partial charge in [-0.15, -0.1) is 0 Å². The Morgan fingerprint density at radius 1 is 1.23 bits per heavy atom. The molecule has 4 N–H and O–H groups in total. The fraction of sp³-hybridized carbons (Fsp3) is 0.269. The summed E-state index contributed by atoms with van der Waals surface area (Å²) < 4.78 is 8.38. The number of rotatable bonds is 6. The van der Waals surface area contributed by atoms with E-state index in [0.29, 0.717) is 42.3 Å². The molecule has 0 saturated carbocycles. The maximum Gasteiger partial charge on any atom is 0.263 e. The Balaban J connectivity index is 1.50. The zero-order valence-corrected chi connectivity index (χ0v) is 23.0. The highest BCUT2D eigenvalue weighted by Gasteiger charge is 2.22. The summed E-state index contributed by atoms with van der Waals surface area (Å²) in [5.74, 6) is -1.13. The first-order valence-corrected chi connectivity index (χ1v) is 13.0. The van der Waals surface area contributed by atoms with Crippen LogP contribution in [0.25, 0.3) is 22.2 Å². The second kappa shape index (κ2) is 10.8.